The molecule has 4 heterocycles. The highest BCUT2D eigenvalue weighted by Crippen LogP contribution is 2.31. The summed E-state index contributed by atoms with van der Waals surface area (Å²) < 4.78 is 11.2. The predicted molar refractivity (Wildman–Crippen MR) is 125 cm³/mol. The molecule has 5 rings (SSSR count). The highest BCUT2D eigenvalue weighted by Gasteiger charge is 2.18. The third-order valence-corrected chi connectivity index (χ3v) is 5.84. The molecule has 0 radical (unpaired) electrons. The first-order chi connectivity index (χ1) is 16.0. The number of fused-ring (bicyclic) bond motifs is 1. The number of nitrogens with one attached hydrogen (secondary N) is 2. The van der Waals surface area contributed by atoms with Crippen LogP contribution in [0.15, 0.2) is 35.3 Å². The molecule has 1 aromatic carbocycles. The molecule has 0 amide bonds. The van der Waals surface area contributed by atoms with Crippen molar-refractivity contribution in [2.75, 3.05) is 56.7 Å². The lowest BCUT2D eigenvalue weighted by Crippen LogP contribution is -2.45. The van der Waals surface area contributed by atoms with Gasteiger partial charge >= 0.3 is 0 Å². The Bertz CT molecular complexity index is 1200. The monoisotopic (exact) mass is 449 g/mol. The van der Waals surface area contributed by atoms with Crippen molar-refractivity contribution in [2.24, 2.45) is 0 Å². The van der Waals surface area contributed by atoms with E-state index in [1.54, 1.807) is 6.20 Å². The Labute approximate surface area is 191 Å². The van der Waals surface area contributed by atoms with Gasteiger partial charge in [-0.25, -0.2) is 15.0 Å². The van der Waals surface area contributed by atoms with Gasteiger partial charge in [0.25, 0.3) is 5.56 Å². The van der Waals surface area contributed by atoms with Gasteiger partial charge in [-0.1, -0.05) is 6.07 Å². The summed E-state index contributed by atoms with van der Waals surface area (Å²) in [7, 11) is 2.12. The lowest BCUT2D eigenvalue weighted by atomic mass is 10.1. The maximum Gasteiger partial charge on any atom is 0.252 e. The Morgan fingerprint density at radius 2 is 1.85 bits per heavy atom. The second-order valence-corrected chi connectivity index (χ2v) is 8.27. The van der Waals surface area contributed by atoms with Crippen molar-refractivity contribution in [2.45, 2.75) is 13.5 Å². The number of nitrogens with zero attached hydrogens (tertiary/aromatic N) is 5. The highest BCUT2D eigenvalue weighted by atomic mass is 16.6. The number of H-pyrrole nitrogens is 1. The third kappa shape index (κ3) is 4.75. The second-order valence-electron chi connectivity index (χ2n) is 8.27. The van der Waals surface area contributed by atoms with E-state index in [4.69, 9.17) is 9.47 Å². The number of likely N-dealkylation sites (N-methyl/N-ethyl adjacent to an activating group) is 1. The van der Waals surface area contributed by atoms with Crippen LogP contribution in [0.5, 0.6) is 11.5 Å². The molecule has 2 aliphatic rings. The van der Waals surface area contributed by atoms with Crippen LogP contribution < -0.4 is 25.2 Å². The molecule has 1 fully saturated rings. The van der Waals surface area contributed by atoms with E-state index in [0.717, 1.165) is 54.5 Å². The number of aromatic nitrogens is 4. The van der Waals surface area contributed by atoms with Crippen LogP contribution >= 0.6 is 0 Å². The van der Waals surface area contributed by atoms with Gasteiger partial charge in [0, 0.05) is 50.6 Å². The van der Waals surface area contributed by atoms with E-state index in [1.807, 2.05) is 25.1 Å². The van der Waals surface area contributed by atoms with E-state index < -0.39 is 0 Å². The van der Waals surface area contributed by atoms with Crippen LogP contribution in [0.25, 0.3) is 11.3 Å². The molecule has 0 spiro atoms. The number of anilines is 2. The molecular weight excluding hydrogens is 422 g/mol. The molecule has 0 saturated carbocycles. The van der Waals surface area contributed by atoms with E-state index in [9.17, 15) is 4.79 Å². The van der Waals surface area contributed by atoms with Crippen molar-refractivity contribution in [3.05, 3.63) is 52.1 Å². The van der Waals surface area contributed by atoms with E-state index in [1.165, 1.54) is 6.07 Å². The summed E-state index contributed by atoms with van der Waals surface area (Å²) in [5.74, 6) is 2.57. The molecule has 0 atom stereocenters. The van der Waals surface area contributed by atoms with E-state index in [2.05, 4.69) is 42.1 Å². The Hall–Kier alpha value is -3.66. The van der Waals surface area contributed by atoms with Crippen LogP contribution in [0.2, 0.25) is 0 Å². The molecule has 33 heavy (non-hydrogen) atoms. The molecular formula is C23H27N7O3. The van der Waals surface area contributed by atoms with Crippen LogP contribution in [-0.4, -0.2) is 71.3 Å². The first kappa shape index (κ1) is 21.2. The number of aromatic amines is 1. The average Bonchev–Trinajstić information content (AvgIpc) is 2.82. The number of hydrogen-bond donors (Lipinski definition) is 2. The molecule has 2 N–H and O–H groups in total. The standard InChI is InChI=1S/C23H27N7O3/c1-15-17(14-25-23(26-15)30-7-5-29(2)6-8-30)18-12-21(31)28-22(27-18)24-13-16-3-4-19-20(11-16)33-10-9-32-19/h3-4,11-12,14H,5-10,13H2,1-2H3,(H2,24,27,28,31). The second kappa shape index (κ2) is 9.07. The maximum absolute atomic E-state index is 12.3. The summed E-state index contributed by atoms with van der Waals surface area (Å²) in [6.07, 6.45) is 1.75. The smallest absolute Gasteiger partial charge is 0.252 e. The normalized spacial score (nSPS) is 16.0. The van der Waals surface area contributed by atoms with Crippen molar-refractivity contribution in [1.29, 1.82) is 0 Å². The number of hydrogen-bond acceptors (Lipinski definition) is 9. The van der Waals surface area contributed by atoms with E-state index in [-0.39, 0.29) is 5.56 Å². The highest BCUT2D eigenvalue weighted by molar-refractivity contribution is 5.62. The molecule has 10 heteroatoms. The first-order valence-electron chi connectivity index (χ1n) is 11.1. The predicted octanol–water partition coefficient (Wildman–Crippen LogP) is 1.67. The topological polar surface area (TPSA) is 109 Å². The molecule has 0 unspecified atom stereocenters. The van der Waals surface area contributed by atoms with Crippen LogP contribution in [0.1, 0.15) is 11.3 Å². The van der Waals surface area contributed by atoms with E-state index in [0.29, 0.717) is 37.3 Å². The van der Waals surface area contributed by atoms with Gasteiger partial charge in [-0.05, 0) is 31.7 Å². The molecule has 1 saturated heterocycles. The lowest BCUT2D eigenvalue weighted by molar-refractivity contribution is 0.171. The number of ether oxygens (including phenoxy) is 2. The Morgan fingerprint density at radius 1 is 1.06 bits per heavy atom. The molecule has 0 aliphatic carbocycles. The molecule has 172 valence electrons. The number of rotatable bonds is 5. The molecule has 3 aromatic rings. The zero-order chi connectivity index (χ0) is 22.8. The van der Waals surface area contributed by atoms with Crippen LogP contribution in [0, 0.1) is 6.92 Å². The quantitative estimate of drug-likeness (QED) is 0.601. The fraction of sp³-hybridized carbons (Fsp3) is 0.391. The van der Waals surface area contributed by atoms with Gasteiger partial charge in [-0.2, -0.15) is 0 Å². The minimum atomic E-state index is -0.243. The van der Waals surface area contributed by atoms with Crippen LogP contribution in [-0.2, 0) is 6.54 Å². The first-order valence-corrected chi connectivity index (χ1v) is 11.1. The SMILES string of the molecule is Cc1nc(N2CCN(C)CC2)ncc1-c1cc(=O)[nH]c(NCc2ccc3c(c2)OCCO3)n1. The summed E-state index contributed by atoms with van der Waals surface area (Å²) in [6, 6.07) is 7.24. The van der Waals surface area contributed by atoms with Crippen molar-refractivity contribution >= 4 is 11.9 Å². The van der Waals surface area contributed by atoms with Crippen LogP contribution in [0.4, 0.5) is 11.9 Å². The number of aryl methyl sites for hydroxylation is 1. The van der Waals surface area contributed by atoms with Crippen molar-refractivity contribution in [3.8, 4) is 22.8 Å². The third-order valence-electron chi connectivity index (χ3n) is 5.84. The fourth-order valence-corrected chi connectivity index (χ4v) is 3.93. The molecule has 10 nitrogen and oxygen atoms in total. The Kier molecular flexibility index (Phi) is 5.82. The van der Waals surface area contributed by atoms with Gasteiger partial charge in [0.15, 0.2) is 11.5 Å². The van der Waals surface area contributed by atoms with Gasteiger partial charge in [0.05, 0.1) is 11.4 Å². The Balaban J connectivity index is 1.33. The summed E-state index contributed by atoms with van der Waals surface area (Å²) in [5, 5.41) is 3.19. The zero-order valence-electron chi connectivity index (χ0n) is 18.8. The van der Waals surface area contributed by atoms with Crippen molar-refractivity contribution < 1.29 is 9.47 Å². The van der Waals surface area contributed by atoms with Crippen molar-refractivity contribution in [3.63, 3.8) is 0 Å². The van der Waals surface area contributed by atoms with Gasteiger partial charge < -0.3 is 24.6 Å². The van der Waals surface area contributed by atoms with Gasteiger partial charge in [-0.15, -0.1) is 0 Å². The largest absolute Gasteiger partial charge is 0.486 e. The van der Waals surface area contributed by atoms with Crippen LogP contribution in [0.3, 0.4) is 0 Å². The summed E-state index contributed by atoms with van der Waals surface area (Å²) in [4.78, 5) is 33.4. The molecule has 2 aliphatic heterocycles. The summed E-state index contributed by atoms with van der Waals surface area (Å²) in [5.41, 5.74) is 2.80. The number of piperazine rings is 1. The minimum Gasteiger partial charge on any atom is -0.486 e. The Morgan fingerprint density at radius 3 is 2.64 bits per heavy atom. The lowest BCUT2D eigenvalue weighted by Gasteiger charge is -2.32. The molecule has 0 bridgehead atoms. The fourth-order valence-electron chi connectivity index (χ4n) is 3.93. The minimum absolute atomic E-state index is 0.243. The van der Waals surface area contributed by atoms with Gasteiger partial charge in [-0.3, -0.25) is 9.78 Å². The van der Waals surface area contributed by atoms with Crippen molar-refractivity contribution in [1.82, 2.24) is 24.8 Å². The average molecular weight is 450 g/mol. The van der Waals surface area contributed by atoms with Gasteiger partial charge in [0.2, 0.25) is 11.9 Å². The summed E-state index contributed by atoms with van der Waals surface area (Å²) in [6.45, 7) is 7.25. The number of benzene rings is 1. The molecule has 2 aromatic heterocycles. The zero-order valence-corrected chi connectivity index (χ0v) is 18.8. The maximum atomic E-state index is 12.3. The summed E-state index contributed by atoms with van der Waals surface area (Å²) >= 11 is 0. The van der Waals surface area contributed by atoms with Gasteiger partial charge in [0.1, 0.15) is 13.2 Å². The van der Waals surface area contributed by atoms with E-state index >= 15 is 0 Å².